The molecule has 21 heavy (non-hydrogen) atoms. The first-order valence-electron chi connectivity index (χ1n) is 7.23. The highest BCUT2D eigenvalue weighted by Crippen LogP contribution is 2.32. The minimum Gasteiger partial charge on any atom is -0.305 e. The first-order chi connectivity index (χ1) is 9.77. The van der Waals surface area contributed by atoms with Crippen molar-refractivity contribution in [3.63, 3.8) is 0 Å². The molecule has 1 unspecified atom stereocenters. The molecular weight excluding hydrogens is 283 g/mol. The summed E-state index contributed by atoms with van der Waals surface area (Å²) in [6.07, 6.45) is 0. The zero-order valence-corrected chi connectivity index (χ0v) is 14.1. The number of hydrogen-bond acceptors (Lipinski definition) is 3. The predicted octanol–water partition coefficient (Wildman–Crippen LogP) is 4.74. The fraction of sp³-hybridized carbons (Fsp3) is 0.471. The lowest BCUT2D eigenvalue weighted by Crippen LogP contribution is -2.17. The summed E-state index contributed by atoms with van der Waals surface area (Å²) < 4.78 is 12.9. The molecule has 0 aliphatic carbocycles. The van der Waals surface area contributed by atoms with Crippen LogP contribution in [0.25, 0.3) is 0 Å². The van der Waals surface area contributed by atoms with E-state index < -0.39 is 0 Å². The van der Waals surface area contributed by atoms with Crippen LogP contribution in [0.15, 0.2) is 24.3 Å². The summed E-state index contributed by atoms with van der Waals surface area (Å²) in [5.74, 6) is -0.195. The van der Waals surface area contributed by atoms with Crippen molar-refractivity contribution in [2.45, 2.75) is 52.6 Å². The molecule has 1 N–H and O–H groups in total. The van der Waals surface area contributed by atoms with Crippen LogP contribution in [0.4, 0.5) is 4.39 Å². The van der Waals surface area contributed by atoms with Crippen molar-refractivity contribution in [2.24, 2.45) is 0 Å². The molecule has 0 amide bonds. The highest BCUT2D eigenvalue weighted by atomic mass is 32.1. The third-order valence-corrected chi connectivity index (χ3v) is 5.16. The SMILES string of the molecule is Cc1nc(C(C)(C)C)sc1C(C)NCc1ccc(F)cc1. The van der Waals surface area contributed by atoms with Gasteiger partial charge in [0.25, 0.3) is 0 Å². The van der Waals surface area contributed by atoms with E-state index in [1.807, 2.05) is 12.1 Å². The van der Waals surface area contributed by atoms with Crippen molar-refractivity contribution in [2.75, 3.05) is 0 Å². The maximum atomic E-state index is 12.9. The Labute approximate surface area is 130 Å². The number of thiazole rings is 1. The van der Waals surface area contributed by atoms with Gasteiger partial charge in [-0.2, -0.15) is 0 Å². The number of nitrogens with one attached hydrogen (secondary N) is 1. The minimum atomic E-state index is -0.195. The van der Waals surface area contributed by atoms with Crippen molar-refractivity contribution in [1.82, 2.24) is 10.3 Å². The van der Waals surface area contributed by atoms with Crippen LogP contribution in [-0.2, 0) is 12.0 Å². The monoisotopic (exact) mass is 306 g/mol. The van der Waals surface area contributed by atoms with Crippen molar-refractivity contribution in [1.29, 1.82) is 0 Å². The summed E-state index contributed by atoms with van der Waals surface area (Å²) in [6, 6.07) is 6.86. The second-order valence-electron chi connectivity index (χ2n) is 6.45. The molecule has 2 rings (SSSR count). The highest BCUT2D eigenvalue weighted by molar-refractivity contribution is 7.12. The smallest absolute Gasteiger partial charge is 0.123 e. The zero-order chi connectivity index (χ0) is 15.6. The lowest BCUT2D eigenvalue weighted by Gasteiger charge is -2.14. The van der Waals surface area contributed by atoms with Crippen LogP contribution in [0.2, 0.25) is 0 Å². The lowest BCUT2D eigenvalue weighted by molar-refractivity contribution is 0.575. The summed E-state index contributed by atoms with van der Waals surface area (Å²) >= 11 is 1.78. The van der Waals surface area contributed by atoms with E-state index in [2.05, 4.69) is 39.9 Å². The van der Waals surface area contributed by atoms with Gasteiger partial charge in [-0.1, -0.05) is 32.9 Å². The van der Waals surface area contributed by atoms with Crippen molar-refractivity contribution < 1.29 is 4.39 Å². The molecule has 0 spiro atoms. The molecule has 0 aliphatic heterocycles. The molecule has 1 heterocycles. The standard InChI is InChI=1S/C17H23FN2S/c1-11(19-10-13-6-8-14(18)9-7-13)15-12(2)20-16(21-15)17(3,4)5/h6-9,11,19H,10H2,1-5H3. The summed E-state index contributed by atoms with van der Waals surface area (Å²) in [4.78, 5) is 5.98. The van der Waals surface area contributed by atoms with E-state index >= 15 is 0 Å². The molecule has 114 valence electrons. The molecule has 2 nitrogen and oxygen atoms in total. The fourth-order valence-electron chi connectivity index (χ4n) is 2.10. The van der Waals surface area contributed by atoms with Crippen molar-refractivity contribution >= 4 is 11.3 Å². The van der Waals surface area contributed by atoms with Gasteiger partial charge in [0.1, 0.15) is 5.82 Å². The predicted molar refractivity (Wildman–Crippen MR) is 87.2 cm³/mol. The zero-order valence-electron chi connectivity index (χ0n) is 13.3. The maximum Gasteiger partial charge on any atom is 0.123 e. The second kappa shape index (κ2) is 6.24. The molecule has 0 aliphatic rings. The van der Waals surface area contributed by atoms with Gasteiger partial charge in [-0.25, -0.2) is 9.37 Å². The Morgan fingerprint density at radius 1 is 1.24 bits per heavy atom. The van der Waals surface area contributed by atoms with Gasteiger partial charge < -0.3 is 5.32 Å². The van der Waals surface area contributed by atoms with Gasteiger partial charge in [0.2, 0.25) is 0 Å². The number of aryl methyl sites for hydroxylation is 1. The molecule has 0 saturated heterocycles. The van der Waals surface area contributed by atoms with E-state index in [9.17, 15) is 4.39 Å². The van der Waals surface area contributed by atoms with Gasteiger partial charge in [0.05, 0.1) is 10.7 Å². The normalized spacial score (nSPS) is 13.4. The molecule has 2 aromatic rings. The van der Waals surface area contributed by atoms with Crippen LogP contribution in [0.5, 0.6) is 0 Å². The topological polar surface area (TPSA) is 24.9 Å². The summed E-state index contributed by atoms with van der Waals surface area (Å²) in [6.45, 7) is 11.5. The third kappa shape index (κ3) is 4.11. The first-order valence-corrected chi connectivity index (χ1v) is 8.04. The van der Waals surface area contributed by atoms with Crippen LogP contribution < -0.4 is 5.32 Å². The largest absolute Gasteiger partial charge is 0.305 e. The highest BCUT2D eigenvalue weighted by Gasteiger charge is 2.22. The van der Waals surface area contributed by atoms with Crippen LogP contribution in [0, 0.1) is 12.7 Å². The number of aromatic nitrogens is 1. The molecule has 0 fully saturated rings. The average Bonchev–Trinajstić information content (AvgIpc) is 2.80. The molecule has 1 aromatic carbocycles. The molecule has 1 aromatic heterocycles. The van der Waals surface area contributed by atoms with Crippen LogP contribution in [0.3, 0.4) is 0 Å². The Balaban J connectivity index is 2.05. The number of benzene rings is 1. The Morgan fingerprint density at radius 2 is 1.86 bits per heavy atom. The number of rotatable bonds is 4. The number of hydrogen-bond donors (Lipinski definition) is 1. The fourth-order valence-corrected chi connectivity index (χ4v) is 3.25. The van der Waals surface area contributed by atoms with E-state index in [1.54, 1.807) is 11.3 Å². The number of halogens is 1. The van der Waals surface area contributed by atoms with Crippen molar-refractivity contribution in [3.8, 4) is 0 Å². The van der Waals surface area contributed by atoms with Gasteiger partial charge in [0, 0.05) is 22.9 Å². The van der Waals surface area contributed by atoms with E-state index in [-0.39, 0.29) is 17.3 Å². The number of nitrogens with zero attached hydrogens (tertiary/aromatic N) is 1. The molecule has 0 bridgehead atoms. The van der Waals surface area contributed by atoms with E-state index in [0.29, 0.717) is 0 Å². The van der Waals surface area contributed by atoms with Gasteiger partial charge in [-0.15, -0.1) is 11.3 Å². The van der Waals surface area contributed by atoms with Gasteiger partial charge >= 0.3 is 0 Å². The molecule has 4 heteroatoms. The van der Waals surface area contributed by atoms with Crippen molar-refractivity contribution in [3.05, 3.63) is 51.2 Å². The first kappa shape index (κ1) is 16.1. The Morgan fingerprint density at radius 3 is 2.38 bits per heavy atom. The van der Waals surface area contributed by atoms with Crippen LogP contribution >= 0.6 is 11.3 Å². The van der Waals surface area contributed by atoms with E-state index in [1.165, 1.54) is 22.0 Å². The van der Waals surface area contributed by atoms with E-state index in [4.69, 9.17) is 4.98 Å². The molecule has 1 atom stereocenters. The molecular formula is C17H23FN2S. The quantitative estimate of drug-likeness (QED) is 0.882. The average molecular weight is 306 g/mol. The Bertz CT molecular complexity index is 596. The third-order valence-electron chi connectivity index (χ3n) is 3.39. The van der Waals surface area contributed by atoms with E-state index in [0.717, 1.165) is 17.8 Å². The van der Waals surface area contributed by atoms with Crippen LogP contribution in [0.1, 0.15) is 54.9 Å². The van der Waals surface area contributed by atoms with Gasteiger partial charge in [0.15, 0.2) is 0 Å². The van der Waals surface area contributed by atoms with Crippen LogP contribution in [-0.4, -0.2) is 4.98 Å². The second-order valence-corrected chi connectivity index (χ2v) is 7.48. The maximum absolute atomic E-state index is 12.9. The minimum absolute atomic E-state index is 0.0877. The Hall–Kier alpha value is -1.26. The summed E-state index contributed by atoms with van der Waals surface area (Å²) in [5.41, 5.74) is 2.27. The molecule has 0 saturated carbocycles. The summed E-state index contributed by atoms with van der Waals surface area (Å²) in [7, 11) is 0. The lowest BCUT2D eigenvalue weighted by atomic mass is 9.98. The van der Waals surface area contributed by atoms with Gasteiger partial charge in [-0.05, 0) is 31.5 Å². The summed E-state index contributed by atoms with van der Waals surface area (Å²) in [5, 5.41) is 4.66. The van der Waals surface area contributed by atoms with Gasteiger partial charge in [-0.3, -0.25) is 0 Å². The molecule has 0 radical (unpaired) electrons. The Kier molecular flexibility index (Phi) is 4.79.